The van der Waals surface area contributed by atoms with Crippen LogP contribution in [0.15, 0.2) is 36.4 Å². The molecule has 0 radical (unpaired) electrons. The summed E-state index contributed by atoms with van der Waals surface area (Å²) in [5.41, 5.74) is 1.42. The van der Waals surface area contributed by atoms with Crippen molar-refractivity contribution in [1.82, 2.24) is 20.1 Å². The average molecular weight is 319 g/mol. The van der Waals surface area contributed by atoms with Crippen molar-refractivity contribution in [2.24, 2.45) is 0 Å². The van der Waals surface area contributed by atoms with Gasteiger partial charge in [0.1, 0.15) is 25.0 Å². The molecule has 2 heterocycles. The molecular formula is C15H15ClN4O2. The Labute approximate surface area is 132 Å². The summed E-state index contributed by atoms with van der Waals surface area (Å²) >= 11 is 5.96. The third-order valence-electron chi connectivity index (χ3n) is 3.29. The van der Waals surface area contributed by atoms with Gasteiger partial charge in [-0.1, -0.05) is 11.6 Å². The lowest BCUT2D eigenvalue weighted by molar-refractivity contribution is -0.117. The van der Waals surface area contributed by atoms with Crippen LogP contribution in [0.5, 0.6) is 5.75 Å². The molecule has 0 unspecified atom stereocenters. The number of halogens is 1. The van der Waals surface area contributed by atoms with Gasteiger partial charge < -0.3 is 10.1 Å². The SMILES string of the molecule is O=C(NCCCn1cncn1)C1=Cc2cc(Cl)ccc2OC1. The summed E-state index contributed by atoms with van der Waals surface area (Å²) in [7, 11) is 0. The van der Waals surface area contributed by atoms with Crippen LogP contribution < -0.4 is 10.1 Å². The molecule has 0 saturated carbocycles. The third kappa shape index (κ3) is 3.46. The van der Waals surface area contributed by atoms with E-state index >= 15 is 0 Å². The highest BCUT2D eigenvalue weighted by Gasteiger charge is 2.17. The molecule has 0 aliphatic carbocycles. The van der Waals surface area contributed by atoms with E-state index in [9.17, 15) is 4.79 Å². The summed E-state index contributed by atoms with van der Waals surface area (Å²) in [4.78, 5) is 16.0. The molecule has 1 aromatic heterocycles. The Morgan fingerprint density at radius 2 is 2.36 bits per heavy atom. The number of fused-ring (bicyclic) bond motifs is 1. The predicted molar refractivity (Wildman–Crippen MR) is 82.6 cm³/mol. The fraction of sp³-hybridized carbons (Fsp3) is 0.267. The van der Waals surface area contributed by atoms with E-state index < -0.39 is 0 Å². The van der Waals surface area contributed by atoms with Crippen LogP contribution in [0.1, 0.15) is 12.0 Å². The first kappa shape index (κ1) is 14.6. The summed E-state index contributed by atoms with van der Waals surface area (Å²) in [5.74, 6) is 0.622. The van der Waals surface area contributed by atoms with Crippen molar-refractivity contribution >= 4 is 23.6 Å². The fourth-order valence-corrected chi connectivity index (χ4v) is 2.36. The molecule has 3 rings (SSSR count). The first-order valence-electron chi connectivity index (χ1n) is 6.96. The van der Waals surface area contributed by atoms with Crippen LogP contribution in [0.3, 0.4) is 0 Å². The Balaban J connectivity index is 1.54. The summed E-state index contributed by atoms with van der Waals surface area (Å²) in [6.45, 7) is 1.55. The van der Waals surface area contributed by atoms with Crippen LogP contribution >= 0.6 is 11.6 Å². The normalized spacial score (nSPS) is 13.0. The van der Waals surface area contributed by atoms with Crippen LogP contribution in [0.25, 0.3) is 6.08 Å². The van der Waals surface area contributed by atoms with Crippen LogP contribution in [-0.4, -0.2) is 33.8 Å². The lowest BCUT2D eigenvalue weighted by Gasteiger charge is -2.17. The van der Waals surface area contributed by atoms with Gasteiger partial charge >= 0.3 is 0 Å². The van der Waals surface area contributed by atoms with Gasteiger partial charge in [-0.2, -0.15) is 5.10 Å². The number of nitrogens with one attached hydrogen (secondary N) is 1. The molecule has 2 aromatic rings. The van der Waals surface area contributed by atoms with Gasteiger partial charge in [-0.15, -0.1) is 0 Å². The van der Waals surface area contributed by atoms with E-state index in [0.29, 0.717) is 23.7 Å². The smallest absolute Gasteiger partial charge is 0.250 e. The highest BCUT2D eigenvalue weighted by Crippen LogP contribution is 2.28. The Hall–Kier alpha value is -2.34. The summed E-state index contributed by atoms with van der Waals surface area (Å²) in [5, 5.41) is 7.50. The Kier molecular flexibility index (Phi) is 4.39. The number of hydrogen-bond donors (Lipinski definition) is 1. The first-order chi connectivity index (χ1) is 10.7. The van der Waals surface area contributed by atoms with E-state index in [2.05, 4.69) is 15.4 Å². The monoisotopic (exact) mass is 318 g/mol. The van der Waals surface area contributed by atoms with Crippen LogP contribution in [0.2, 0.25) is 5.02 Å². The van der Waals surface area contributed by atoms with E-state index in [1.807, 2.05) is 6.08 Å². The molecule has 1 amide bonds. The molecule has 0 saturated heterocycles. The van der Waals surface area contributed by atoms with E-state index in [1.165, 1.54) is 6.33 Å². The Morgan fingerprint density at radius 3 is 3.18 bits per heavy atom. The number of aryl methyl sites for hydroxylation is 1. The van der Waals surface area contributed by atoms with E-state index in [4.69, 9.17) is 16.3 Å². The maximum Gasteiger partial charge on any atom is 0.250 e. The van der Waals surface area contributed by atoms with Gasteiger partial charge in [0.05, 0.1) is 5.57 Å². The van der Waals surface area contributed by atoms with E-state index in [0.717, 1.165) is 17.7 Å². The second-order valence-electron chi connectivity index (χ2n) is 4.91. The minimum absolute atomic E-state index is 0.121. The molecule has 1 N–H and O–H groups in total. The maximum atomic E-state index is 12.1. The lowest BCUT2D eigenvalue weighted by atomic mass is 10.1. The minimum Gasteiger partial charge on any atom is -0.488 e. The number of aromatic nitrogens is 3. The molecule has 0 spiro atoms. The number of nitrogens with zero attached hydrogens (tertiary/aromatic N) is 3. The average Bonchev–Trinajstić information content (AvgIpc) is 3.04. The van der Waals surface area contributed by atoms with Crippen LogP contribution in [-0.2, 0) is 11.3 Å². The van der Waals surface area contributed by atoms with Crippen molar-refractivity contribution in [3.05, 3.63) is 47.0 Å². The zero-order valence-electron chi connectivity index (χ0n) is 11.8. The van der Waals surface area contributed by atoms with Crippen molar-refractivity contribution in [3.63, 3.8) is 0 Å². The van der Waals surface area contributed by atoms with Gasteiger partial charge in [0, 0.05) is 23.7 Å². The number of ether oxygens (including phenoxy) is 1. The highest BCUT2D eigenvalue weighted by atomic mass is 35.5. The Bertz CT molecular complexity index is 698. The molecule has 1 aliphatic rings. The summed E-state index contributed by atoms with van der Waals surface area (Å²) in [6.07, 6.45) is 5.74. The largest absolute Gasteiger partial charge is 0.488 e. The number of amides is 1. The van der Waals surface area contributed by atoms with Gasteiger partial charge in [0.25, 0.3) is 5.91 Å². The molecule has 114 valence electrons. The summed E-state index contributed by atoms with van der Waals surface area (Å²) in [6, 6.07) is 5.36. The van der Waals surface area contributed by atoms with Gasteiger partial charge in [-0.3, -0.25) is 9.48 Å². The maximum absolute atomic E-state index is 12.1. The standard InChI is InChI=1S/C15H15ClN4O2/c16-13-2-3-14-11(7-13)6-12(8-22-14)15(21)18-4-1-5-20-10-17-9-19-20/h2-3,6-7,9-10H,1,4-5,8H2,(H,18,21). The zero-order valence-corrected chi connectivity index (χ0v) is 12.6. The summed E-state index contributed by atoms with van der Waals surface area (Å²) < 4.78 is 7.30. The highest BCUT2D eigenvalue weighted by molar-refractivity contribution is 6.30. The van der Waals surface area contributed by atoms with Crippen molar-refractivity contribution in [3.8, 4) is 5.75 Å². The molecule has 6 nitrogen and oxygen atoms in total. The fourth-order valence-electron chi connectivity index (χ4n) is 2.18. The minimum atomic E-state index is -0.121. The number of hydrogen-bond acceptors (Lipinski definition) is 4. The zero-order chi connectivity index (χ0) is 15.4. The molecule has 22 heavy (non-hydrogen) atoms. The van der Waals surface area contributed by atoms with E-state index in [1.54, 1.807) is 29.2 Å². The first-order valence-corrected chi connectivity index (χ1v) is 7.34. The predicted octanol–water partition coefficient (Wildman–Crippen LogP) is 1.91. The van der Waals surface area contributed by atoms with Crippen LogP contribution in [0.4, 0.5) is 0 Å². The Morgan fingerprint density at radius 1 is 1.45 bits per heavy atom. The van der Waals surface area contributed by atoms with Crippen molar-refractivity contribution in [2.75, 3.05) is 13.2 Å². The quantitative estimate of drug-likeness (QED) is 0.855. The number of benzene rings is 1. The lowest BCUT2D eigenvalue weighted by Crippen LogP contribution is -2.29. The topological polar surface area (TPSA) is 69.0 Å². The van der Waals surface area contributed by atoms with Crippen molar-refractivity contribution in [1.29, 1.82) is 0 Å². The number of carbonyl (C=O) groups excluding carboxylic acids is 1. The van der Waals surface area contributed by atoms with Gasteiger partial charge in [-0.05, 0) is 30.7 Å². The molecule has 0 fully saturated rings. The van der Waals surface area contributed by atoms with Crippen molar-refractivity contribution in [2.45, 2.75) is 13.0 Å². The second kappa shape index (κ2) is 6.62. The molecule has 0 bridgehead atoms. The molecule has 1 aliphatic heterocycles. The van der Waals surface area contributed by atoms with Gasteiger partial charge in [-0.25, -0.2) is 4.98 Å². The van der Waals surface area contributed by atoms with Crippen LogP contribution in [0, 0.1) is 0 Å². The van der Waals surface area contributed by atoms with Gasteiger partial charge in [0.15, 0.2) is 0 Å². The number of carbonyl (C=O) groups is 1. The molecule has 1 aromatic carbocycles. The second-order valence-corrected chi connectivity index (χ2v) is 5.34. The number of rotatable bonds is 5. The third-order valence-corrected chi connectivity index (χ3v) is 3.53. The molecule has 0 atom stereocenters. The van der Waals surface area contributed by atoms with Gasteiger partial charge in [0.2, 0.25) is 0 Å². The van der Waals surface area contributed by atoms with E-state index in [-0.39, 0.29) is 12.5 Å². The molecule has 7 heteroatoms. The molecular weight excluding hydrogens is 304 g/mol. The van der Waals surface area contributed by atoms with Crippen molar-refractivity contribution < 1.29 is 9.53 Å².